The highest BCUT2D eigenvalue weighted by Gasteiger charge is 2.05. The molecule has 0 fully saturated rings. The number of carbonyl (C=O) groups is 2. The second kappa shape index (κ2) is 7.04. The van der Waals surface area contributed by atoms with Crippen LogP contribution in [0.2, 0.25) is 0 Å². The molecule has 2 aromatic rings. The average molecular weight is 294 g/mol. The minimum Gasteiger partial charge on any atom is -0.484 e. The molecule has 0 atom stereocenters. The van der Waals surface area contributed by atoms with Crippen LogP contribution in [-0.2, 0) is 4.79 Å². The van der Waals surface area contributed by atoms with Crippen LogP contribution in [0.5, 0.6) is 5.75 Å². The summed E-state index contributed by atoms with van der Waals surface area (Å²) in [6.07, 6.45) is 0. The third-order valence-corrected chi connectivity index (χ3v) is 2.93. The number of nitriles is 1. The molecule has 0 bridgehead atoms. The summed E-state index contributed by atoms with van der Waals surface area (Å²) in [6, 6.07) is 15.1. The van der Waals surface area contributed by atoms with Gasteiger partial charge in [0.25, 0.3) is 5.91 Å². The topological polar surface area (TPSA) is 79.2 Å². The molecule has 0 heterocycles. The van der Waals surface area contributed by atoms with Crippen LogP contribution >= 0.6 is 0 Å². The highest BCUT2D eigenvalue weighted by Crippen LogP contribution is 2.12. The number of nitrogens with zero attached hydrogens (tertiary/aromatic N) is 1. The third kappa shape index (κ3) is 4.18. The molecule has 5 heteroatoms. The van der Waals surface area contributed by atoms with Gasteiger partial charge in [0.2, 0.25) is 0 Å². The van der Waals surface area contributed by atoms with Gasteiger partial charge < -0.3 is 10.1 Å². The number of hydrogen-bond acceptors (Lipinski definition) is 4. The SMILES string of the molecule is CC(=O)c1ccc(NC(=O)COc2ccc(C#N)cc2)cc1. The highest BCUT2D eigenvalue weighted by atomic mass is 16.5. The minimum atomic E-state index is -0.306. The Labute approximate surface area is 128 Å². The first-order valence-electron chi connectivity index (χ1n) is 6.62. The number of rotatable bonds is 5. The Morgan fingerprint density at radius 2 is 1.73 bits per heavy atom. The molecule has 0 saturated heterocycles. The highest BCUT2D eigenvalue weighted by molar-refractivity contribution is 5.95. The number of ketones is 1. The summed E-state index contributed by atoms with van der Waals surface area (Å²) in [6.45, 7) is 1.35. The first-order valence-corrected chi connectivity index (χ1v) is 6.62. The van der Waals surface area contributed by atoms with Gasteiger partial charge in [0.05, 0.1) is 11.6 Å². The zero-order chi connectivity index (χ0) is 15.9. The van der Waals surface area contributed by atoms with Gasteiger partial charge in [0, 0.05) is 11.3 Å². The Morgan fingerprint density at radius 1 is 1.09 bits per heavy atom. The Balaban J connectivity index is 1.87. The second-order valence-electron chi connectivity index (χ2n) is 4.61. The molecule has 1 amide bonds. The Kier molecular flexibility index (Phi) is 4.89. The van der Waals surface area contributed by atoms with Crippen LogP contribution in [0.3, 0.4) is 0 Å². The van der Waals surface area contributed by atoms with Crippen molar-refractivity contribution in [3.05, 3.63) is 59.7 Å². The van der Waals surface area contributed by atoms with Crippen molar-refractivity contribution in [3.63, 3.8) is 0 Å². The zero-order valence-corrected chi connectivity index (χ0v) is 12.0. The molecular weight excluding hydrogens is 280 g/mol. The van der Waals surface area contributed by atoms with Gasteiger partial charge in [-0.25, -0.2) is 0 Å². The molecule has 1 N–H and O–H groups in total. The van der Waals surface area contributed by atoms with Crippen molar-refractivity contribution >= 4 is 17.4 Å². The lowest BCUT2D eigenvalue weighted by Gasteiger charge is -2.08. The van der Waals surface area contributed by atoms with E-state index >= 15 is 0 Å². The van der Waals surface area contributed by atoms with Gasteiger partial charge in [0.15, 0.2) is 12.4 Å². The molecule has 0 aliphatic rings. The predicted molar refractivity (Wildman–Crippen MR) is 81.7 cm³/mol. The van der Waals surface area contributed by atoms with Crippen LogP contribution in [0.4, 0.5) is 5.69 Å². The number of ether oxygens (including phenoxy) is 1. The van der Waals surface area contributed by atoms with E-state index in [-0.39, 0.29) is 18.3 Å². The quantitative estimate of drug-likeness (QED) is 0.860. The standard InChI is InChI=1S/C17H14N2O3/c1-12(20)14-4-6-15(7-5-14)19-17(21)11-22-16-8-2-13(10-18)3-9-16/h2-9H,11H2,1H3,(H,19,21). The molecule has 22 heavy (non-hydrogen) atoms. The lowest BCUT2D eigenvalue weighted by Crippen LogP contribution is -2.20. The molecule has 5 nitrogen and oxygen atoms in total. The van der Waals surface area contributed by atoms with Gasteiger partial charge >= 0.3 is 0 Å². The number of nitrogens with one attached hydrogen (secondary N) is 1. The molecule has 0 unspecified atom stereocenters. The van der Waals surface area contributed by atoms with Crippen LogP contribution in [0, 0.1) is 11.3 Å². The predicted octanol–water partition coefficient (Wildman–Crippen LogP) is 2.78. The summed E-state index contributed by atoms with van der Waals surface area (Å²) < 4.78 is 5.33. The lowest BCUT2D eigenvalue weighted by atomic mass is 10.1. The van der Waals surface area contributed by atoms with E-state index in [0.29, 0.717) is 22.6 Å². The summed E-state index contributed by atoms with van der Waals surface area (Å²) in [4.78, 5) is 22.9. The van der Waals surface area contributed by atoms with E-state index in [1.807, 2.05) is 6.07 Å². The van der Waals surface area contributed by atoms with E-state index < -0.39 is 0 Å². The molecule has 0 aliphatic heterocycles. The van der Waals surface area contributed by atoms with Gasteiger partial charge in [-0.3, -0.25) is 9.59 Å². The van der Waals surface area contributed by atoms with Gasteiger partial charge in [-0.05, 0) is 55.5 Å². The fourth-order valence-corrected chi connectivity index (χ4v) is 1.76. The van der Waals surface area contributed by atoms with Crippen molar-refractivity contribution in [1.29, 1.82) is 5.26 Å². The van der Waals surface area contributed by atoms with Crippen molar-refractivity contribution in [3.8, 4) is 11.8 Å². The zero-order valence-electron chi connectivity index (χ0n) is 12.0. The fraction of sp³-hybridized carbons (Fsp3) is 0.118. The molecule has 0 saturated carbocycles. The third-order valence-electron chi connectivity index (χ3n) is 2.93. The maximum atomic E-state index is 11.8. The van der Waals surface area contributed by atoms with E-state index in [9.17, 15) is 9.59 Å². The van der Waals surface area contributed by atoms with Crippen LogP contribution < -0.4 is 10.1 Å². The molecule has 2 aromatic carbocycles. The number of Topliss-reactive ketones (excluding diaryl/α,β-unsaturated/α-hetero) is 1. The summed E-state index contributed by atoms with van der Waals surface area (Å²) >= 11 is 0. The van der Waals surface area contributed by atoms with E-state index in [1.54, 1.807) is 48.5 Å². The van der Waals surface area contributed by atoms with Crippen molar-refractivity contribution in [2.45, 2.75) is 6.92 Å². The Hall–Kier alpha value is -3.13. The monoisotopic (exact) mass is 294 g/mol. The van der Waals surface area contributed by atoms with Crippen molar-refractivity contribution in [2.75, 3.05) is 11.9 Å². The van der Waals surface area contributed by atoms with Crippen LogP contribution in [0.1, 0.15) is 22.8 Å². The molecule has 2 rings (SSSR count). The maximum Gasteiger partial charge on any atom is 0.262 e. The summed E-state index contributed by atoms with van der Waals surface area (Å²) in [7, 11) is 0. The maximum absolute atomic E-state index is 11.8. The van der Waals surface area contributed by atoms with Crippen molar-refractivity contribution in [1.82, 2.24) is 0 Å². The average Bonchev–Trinajstić information content (AvgIpc) is 2.54. The number of amides is 1. The number of benzene rings is 2. The van der Waals surface area contributed by atoms with Crippen molar-refractivity contribution in [2.24, 2.45) is 0 Å². The fourth-order valence-electron chi connectivity index (χ4n) is 1.76. The van der Waals surface area contributed by atoms with E-state index in [1.165, 1.54) is 6.92 Å². The van der Waals surface area contributed by atoms with Gasteiger partial charge in [-0.15, -0.1) is 0 Å². The number of anilines is 1. The van der Waals surface area contributed by atoms with E-state index in [2.05, 4.69) is 5.32 Å². The normalized spacial score (nSPS) is 9.64. The summed E-state index contributed by atoms with van der Waals surface area (Å²) in [5.41, 5.74) is 1.72. The molecular formula is C17H14N2O3. The number of hydrogen-bond donors (Lipinski definition) is 1. The molecule has 0 aliphatic carbocycles. The summed E-state index contributed by atoms with van der Waals surface area (Å²) in [5.74, 6) is 0.183. The molecule has 0 aromatic heterocycles. The first kappa shape index (κ1) is 15.3. The molecule has 0 radical (unpaired) electrons. The number of carbonyl (C=O) groups excluding carboxylic acids is 2. The Bertz CT molecular complexity index is 713. The van der Waals surface area contributed by atoms with E-state index in [4.69, 9.17) is 10.00 Å². The first-order chi connectivity index (χ1) is 10.6. The minimum absolute atomic E-state index is 0.0259. The largest absolute Gasteiger partial charge is 0.484 e. The van der Waals surface area contributed by atoms with Crippen LogP contribution in [-0.4, -0.2) is 18.3 Å². The lowest BCUT2D eigenvalue weighted by molar-refractivity contribution is -0.118. The second-order valence-corrected chi connectivity index (χ2v) is 4.61. The van der Waals surface area contributed by atoms with Crippen molar-refractivity contribution < 1.29 is 14.3 Å². The summed E-state index contributed by atoms with van der Waals surface area (Å²) in [5, 5.41) is 11.4. The van der Waals surface area contributed by atoms with Crippen LogP contribution in [0.15, 0.2) is 48.5 Å². The van der Waals surface area contributed by atoms with Gasteiger partial charge in [-0.1, -0.05) is 0 Å². The van der Waals surface area contributed by atoms with Gasteiger partial charge in [-0.2, -0.15) is 5.26 Å². The molecule has 110 valence electrons. The van der Waals surface area contributed by atoms with Gasteiger partial charge in [0.1, 0.15) is 5.75 Å². The molecule has 0 spiro atoms. The van der Waals surface area contributed by atoms with E-state index in [0.717, 1.165) is 0 Å². The smallest absolute Gasteiger partial charge is 0.262 e. The Morgan fingerprint density at radius 3 is 2.27 bits per heavy atom. The van der Waals surface area contributed by atoms with Crippen LogP contribution in [0.25, 0.3) is 0 Å².